The Balaban J connectivity index is 1.75. The van der Waals surface area contributed by atoms with Gasteiger partial charge in [0.25, 0.3) is 5.89 Å². The lowest BCUT2D eigenvalue weighted by molar-refractivity contribution is 0.258. The molecular weight excluding hydrogens is 300 g/mol. The highest BCUT2D eigenvalue weighted by Gasteiger charge is 2.19. The van der Waals surface area contributed by atoms with Gasteiger partial charge in [-0.15, -0.1) is 10.2 Å². The summed E-state index contributed by atoms with van der Waals surface area (Å²) in [6.07, 6.45) is 0. The lowest BCUT2D eigenvalue weighted by atomic mass is 9.86. The normalized spacial score (nSPS) is 11.5. The second-order valence-electron chi connectivity index (χ2n) is 6.91. The molecule has 24 heavy (non-hydrogen) atoms. The van der Waals surface area contributed by atoms with Crippen LogP contribution in [-0.2, 0) is 12.0 Å². The van der Waals surface area contributed by atoms with Crippen molar-refractivity contribution in [1.82, 2.24) is 10.2 Å². The van der Waals surface area contributed by atoms with Crippen molar-refractivity contribution in [2.75, 3.05) is 0 Å². The van der Waals surface area contributed by atoms with Crippen LogP contribution in [0.25, 0.3) is 11.5 Å². The van der Waals surface area contributed by atoms with Crippen molar-refractivity contribution < 1.29 is 9.15 Å². The Kier molecular flexibility index (Phi) is 4.38. The van der Waals surface area contributed by atoms with Gasteiger partial charge in [0.1, 0.15) is 5.75 Å². The standard InChI is InChI=1S/C20H22N2O2/c1-14-8-7-9-15(12-14)19-22-21-18(24-19)13-23-17-11-6-5-10-16(17)20(2,3)4/h5-12H,13H2,1-4H3. The molecule has 4 nitrogen and oxygen atoms in total. The van der Waals surface area contributed by atoms with Gasteiger partial charge in [0.05, 0.1) is 0 Å². The fraction of sp³-hybridized carbons (Fsp3) is 0.300. The monoisotopic (exact) mass is 322 g/mol. The first-order valence-corrected chi connectivity index (χ1v) is 8.05. The minimum atomic E-state index is 0.0121. The molecular formula is C20H22N2O2. The van der Waals surface area contributed by atoms with E-state index in [9.17, 15) is 0 Å². The first-order valence-electron chi connectivity index (χ1n) is 8.05. The maximum absolute atomic E-state index is 5.93. The molecule has 0 atom stereocenters. The van der Waals surface area contributed by atoms with Gasteiger partial charge >= 0.3 is 0 Å². The molecule has 0 radical (unpaired) electrons. The Morgan fingerprint density at radius 3 is 2.54 bits per heavy atom. The highest BCUT2D eigenvalue weighted by Crippen LogP contribution is 2.31. The Hall–Kier alpha value is -2.62. The van der Waals surface area contributed by atoms with Crippen LogP contribution < -0.4 is 4.74 Å². The van der Waals surface area contributed by atoms with Gasteiger partial charge in [0, 0.05) is 5.56 Å². The number of para-hydroxylation sites is 1. The largest absolute Gasteiger partial charge is 0.484 e. The fourth-order valence-electron chi connectivity index (χ4n) is 2.56. The molecule has 0 aliphatic carbocycles. The minimum absolute atomic E-state index is 0.0121. The summed E-state index contributed by atoms with van der Waals surface area (Å²) in [6, 6.07) is 16.0. The zero-order valence-corrected chi connectivity index (χ0v) is 14.5. The molecule has 0 fully saturated rings. The number of aromatic nitrogens is 2. The van der Waals surface area contributed by atoms with Gasteiger partial charge in [-0.3, -0.25) is 0 Å². The molecule has 0 aliphatic heterocycles. The van der Waals surface area contributed by atoms with Gasteiger partial charge in [0.15, 0.2) is 6.61 Å². The molecule has 1 heterocycles. The van der Waals surface area contributed by atoms with E-state index in [2.05, 4.69) is 37.0 Å². The zero-order valence-electron chi connectivity index (χ0n) is 14.5. The first-order chi connectivity index (χ1) is 11.4. The Bertz CT molecular complexity index is 831. The molecule has 2 aromatic carbocycles. The van der Waals surface area contributed by atoms with Crippen molar-refractivity contribution in [2.45, 2.75) is 39.7 Å². The third-order valence-electron chi connectivity index (χ3n) is 3.78. The van der Waals surface area contributed by atoms with Gasteiger partial charge in [-0.1, -0.05) is 56.7 Å². The molecule has 3 aromatic rings. The van der Waals surface area contributed by atoms with Crippen LogP contribution in [0.4, 0.5) is 0 Å². The van der Waals surface area contributed by atoms with Crippen molar-refractivity contribution in [2.24, 2.45) is 0 Å². The summed E-state index contributed by atoms with van der Waals surface area (Å²) < 4.78 is 11.7. The van der Waals surface area contributed by atoms with Gasteiger partial charge in [-0.25, -0.2) is 0 Å². The van der Waals surface area contributed by atoms with Gasteiger partial charge in [-0.2, -0.15) is 0 Å². The Labute approximate surface area is 142 Å². The van der Waals surface area contributed by atoms with Crippen LogP contribution in [0.1, 0.15) is 37.8 Å². The lowest BCUT2D eigenvalue weighted by Crippen LogP contribution is -2.13. The van der Waals surface area contributed by atoms with Crippen molar-refractivity contribution in [3.63, 3.8) is 0 Å². The zero-order chi connectivity index (χ0) is 17.2. The van der Waals surface area contributed by atoms with Crippen LogP contribution >= 0.6 is 0 Å². The average molecular weight is 322 g/mol. The fourth-order valence-corrected chi connectivity index (χ4v) is 2.56. The summed E-state index contributed by atoms with van der Waals surface area (Å²) in [7, 11) is 0. The molecule has 0 saturated carbocycles. The molecule has 4 heteroatoms. The highest BCUT2D eigenvalue weighted by molar-refractivity contribution is 5.53. The predicted octanol–water partition coefficient (Wildman–Crippen LogP) is 4.92. The van der Waals surface area contributed by atoms with Gasteiger partial charge < -0.3 is 9.15 Å². The summed E-state index contributed by atoms with van der Waals surface area (Å²) in [5, 5.41) is 8.20. The van der Waals surface area contributed by atoms with Crippen molar-refractivity contribution in [3.8, 4) is 17.2 Å². The maximum Gasteiger partial charge on any atom is 0.254 e. The number of aryl methyl sites for hydroxylation is 1. The van der Waals surface area contributed by atoms with E-state index in [1.165, 1.54) is 0 Å². The quantitative estimate of drug-likeness (QED) is 0.684. The lowest BCUT2D eigenvalue weighted by Gasteiger charge is -2.22. The van der Waals surface area contributed by atoms with E-state index >= 15 is 0 Å². The van der Waals surface area contributed by atoms with E-state index in [1.54, 1.807) is 0 Å². The Morgan fingerprint density at radius 1 is 1.00 bits per heavy atom. The molecule has 0 N–H and O–H groups in total. The van der Waals surface area contributed by atoms with Crippen LogP contribution in [0.15, 0.2) is 52.9 Å². The summed E-state index contributed by atoms with van der Waals surface area (Å²) in [5.41, 5.74) is 3.24. The molecule has 0 aliphatic rings. The van der Waals surface area contributed by atoms with E-state index < -0.39 is 0 Å². The molecule has 0 amide bonds. The second kappa shape index (κ2) is 6.48. The number of hydrogen-bond donors (Lipinski definition) is 0. The first kappa shape index (κ1) is 16.2. The van der Waals surface area contributed by atoms with Crippen molar-refractivity contribution >= 4 is 0 Å². The minimum Gasteiger partial charge on any atom is -0.484 e. The van der Waals surface area contributed by atoms with E-state index in [4.69, 9.17) is 9.15 Å². The number of rotatable bonds is 4. The predicted molar refractivity (Wildman–Crippen MR) is 93.9 cm³/mol. The summed E-state index contributed by atoms with van der Waals surface area (Å²) in [4.78, 5) is 0. The number of hydrogen-bond acceptors (Lipinski definition) is 4. The average Bonchev–Trinajstić information content (AvgIpc) is 3.01. The molecule has 1 aromatic heterocycles. The van der Waals surface area contributed by atoms with E-state index in [0.717, 1.165) is 22.4 Å². The van der Waals surface area contributed by atoms with Crippen molar-refractivity contribution in [1.29, 1.82) is 0 Å². The maximum atomic E-state index is 5.93. The van der Waals surface area contributed by atoms with Crippen LogP contribution in [0, 0.1) is 6.92 Å². The number of nitrogens with zero attached hydrogens (tertiary/aromatic N) is 2. The molecule has 3 rings (SSSR count). The topological polar surface area (TPSA) is 48.2 Å². The van der Waals surface area contributed by atoms with E-state index in [1.807, 2.05) is 49.4 Å². The van der Waals surface area contributed by atoms with Gasteiger partial charge in [-0.05, 0) is 36.1 Å². The highest BCUT2D eigenvalue weighted by atomic mass is 16.5. The summed E-state index contributed by atoms with van der Waals surface area (Å²) in [5.74, 6) is 1.83. The summed E-state index contributed by atoms with van der Waals surface area (Å²) in [6.45, 7) is 8.78. The third-order valence-corrected chi connectivity index (χ3v) is 3.78. The summed E-state index contributed by atoms with van der Waals surface area (Å²) >= 11 is 0. The van der Waals surface area contributed by atoms with Crippen LogP contribution in [-0.4, -0.2) is 10.2 Å². The third kappa shape index (κ3) is 3.65. The Morgan fingerprint density at radius 2 is 1.79 bits per heavy atom. The number of ether oxygens (including phenoxy) is 1. The van der Waals surface area contributed by atoms with Crippen LogP contribution in [0.3, 0.4) is 0 Å². The van der Waals surface area contributed by atoms with Crippen LogP contribution in [0.5, 0.6) is 5.75 Å². The smallest absolute Gasteiger partial charge is 0.254 e. The van der Waals surface area contributed by atoms with E-state index in [-0.39, 0.29) is 12.0 Å². The van der Waals surface area contributed by atoms with E-state index in [0.29, 0.717) is 11.8 Å². The van der Waals surface area contributed by atoms with Crippen LogP contribution in [0.2, 0.25) is 0 Å². The van der Waals surface area contributed by atoms with Crippen molar-refractivity contribution in [3.05, 3.63) is 65.5 Å². The molecule has 0 spiro atoms. The SMILES string of the molecule is Cc1cccc(-c2nnc(COc3ccccc3C(C)(C)C)o2)c1. The van der Waals surface area contributed by atoms with Gasteiger partial charge in [0.2, 0.25) is 5.89 Å². The number of benzene rings is 2. The molecule has 0 saturated heterocycles. The molecule has 0 bridgehead atoms. The second-order valence-corrected chi connectivity index (χ2v) is 6.91. The molecule has 124 valence electrons. The molecule has 0 unspecified atom stereocenters.